The van der Waals surface area contributed by atoms with Gasteiger partial charge in [0.1, 0.15) is 16.5 Å². The van der Waals surface area contributed by atoms with Crippen LogP contribution in [-0.2, 0) is 16.2 Å². The maximum Gasteiger partial charge on any atom is 0.418 e. The molecule has 2 aromatic carbocycles. The quantitative estimate of drug-likeness (QED) is 0.867. The summed E-state index contributed by atoms with van der Waals surface area (Å²) in [4.78, 5) is -0.813. The maximum atomic E-state index is 13.5. The van der Waals surface area contributed by atoms with Gasteiger partial charge in [-0.1, -0.05) is 12.1 Å². The van der Waals surface area contributed by atoms with Crippen molar-refractivity contribution >= 4 is 15.7 Å². The number of halogens is 5. The van der Waals surface area contributed by atoms with Gasteiger partial charge in [-0.2, -0.15) is 13.2 Å². The molecule has 0 spiro atoms. The van der Waals surface area contributed by atoms with Crippen LogP contribution in [0.2, 0.25) is 0 Å². The monoisotopic (exact) mass is 337 g/mol. The highest BCUT2D eigenvalue weighted by atomic mass is 32.2. The lowest BCUT2D eigenvalue weighted by Crippen LogP contribution is -2.18. The van der Waals surface area contributed by atoms with Crippen LogP contribution in [0.15, 0.2) is 47.4 Å². The van der Waals surface area contributed by atoms with Gasteiger partial charge in [0.15, 0.2) is 0 Å². The Hall–Kier alpha value is -2.16. The summed E-state index contributed by atoms with van der Waals surface area (Å²) in [5.41, 5.74) is -2.40. The van der Waals surface area contributed by atoms with Gasteiger partial charge in [-0.3, -0.25) is 4.72 Å². The van der Waals surface area contributed by atoms with Crippen LogP contribution >= 0.6 is 0 Å². The van der Waals surface area contributed by atoms with Crippen LogP contribution in [0.5, 0.6) is 0 Å². The minimum atomic E-state index is -4.98. The van der Waals surface area contributed by atoms with Crippen LogP contribution in [-0.4, -0.2) is 8.42 Å². The lowest BCUT2D eigenvalue weighted by atomic mass is 10.2. The van der Waals surface area contributed by atoms with Crippen LogP contribution in [0.1, 0.15) is 5.56 Å². The molecule has 2 aromatic rings. The van der Waals surface area contributed by atoms with Gasteiger partial charge >= 0.3 is 6.18 Å². The summed E-state index contributed by atoms with van der Waals surface area (Å²) in [5.74, 6) is -2.30. The Morgan fingerprint density at radius 2 is 1.59 bits per heavy atom. The molecular weight excluding hydrogens is 329 g/mol. The molecule has 0 aliphatic rings. The third kappa shape index (κ3) is 3.35. The van der Waals surface area contributed by atoms with Gasteiger partial charge in [-0.25, -0.2) is 17.2 Å². The van der Waals surface area contributed by atoms with E-state index in [1.807, 2.05) is 0 Å². The van der Waals surface area contributed by atoms with Gasteiger partial charge in [0.2, 0.25) is 0 Å². The normalized spacial score (nSPS) is 12.2. The molecular formula is C13H8F5NO2S. The number of anilines is 1. The number of hydrogen-bond acceptors (Lipinski definition) is 2. The smallest absolute Gasteiger partial charge is 0.279 e. The summed E-state index contributed by atoms with van der Waals surface area (Å²) in [5, 5.41) is 0. The van der Waals surface area contributed by atoms with Crippen molar-refractivity contribution in [1.82, 2.24) is 0 Å². The lowest BCUT2D eigenvalue weighted by Gasteiger charge is -2.15. The Kier molecular flexibility index (Phi) is 4.10. The fourth-order valence-electron chi connectivity index (χ4n) is 1.70. The first kappa shape index (κ1) is 16.2. The largest absolute Gasteiger partial charge is 0.418 e. The van der Waals surface area contributed by atoms with Crippen molar-refractivity contribution in [3.63, 3.8) is 0 Å². The standard InChI is InChI=1S/C13H8F5NO2S/c14-8-5-6-11(9(7-8)13(16,17)18)19-22(20,21)12-4-2-1-3-10(12)15/h1-7,19H. The van der Waals surface area contributed by atoms with Crippen LogP contribution in [0.25, 0.3) is 0 Å². The first-order valence-electron chi connectivity index (χ1n) is 5.75. The molecule has 0 saturated heterocycles. The predicted molar refractivity (Wildman–Crippen MR) is 68.6 cm³/mol. The fraction of sp³-hybridized carbons (Fsp3) is 0.0769. The Bertz CT molecular complexity index is 802. The zero-order valence-corrected chi connectivity index (χ0v) is 11.5. The average Bonchev–Trinajstić information content (AvgIpc) is 2.39. The topological polar surface area (TPSA) is 46.2 Å². The minimum Gasteiger partial charge on any atom is -0.279 e. The second-order valence-corrected chi connectivity index (χ2v) is 5.87. The molecule has 2 rings (SSSR count). The average molecular weight is 337 g/mol. The van der Waals surface area contributed by atoms with Crippen molar-refractivity contribution in [2.45, 2.75) is 11.1 Å². The highest BCUT2D eigenvalue weighted by Crippen LogP contribution is 2.36. The van der Waals surface area contributed by atoms with Crippen LogP contribution in [0, 0.1) is 11.6 Å². The molecule has 0 atom stereocenters. The Morgan fingerprint density at radius 1 is 0.955 bits per heavy atom. The van der Waals surface area contributed by atoms with Crippen molar-refractivity contribution in [2.24, 2.45) is 0 Å². The van der Waals surface area contributed by atoms with Gasteiger partial charge in [0, 0.05) is 0 Å². The van der Waals surface area contributed by atoms with E-state index in [0.29, 0.717) is 12.1 Å². The Labute approximate surface area is 122 Å². The second kappa shape index (κ2) is 5.56. The SMILES string of the molecule is O=S(=O)(Nc1ccc(F)cc1C(F)(F)F)c1ccccc1F. The first-order chi connectivity index (χ1) is 10.1. The molecule has 118 valence electrons. The zero-order valence-electron chi connectivity index (χ0n) is 10.7. The number of hydrogen-bond donors (Lipinski definition) is 1. The summed E-state index contributed by atoms with van der Waals surface area (Å²) >= 11 is 0. The molecule has 1 N–H and O–H groups in total. The number of sulfonamides is 1. The van der Waals surface area contributed by atoms with E-state index in [2.05, 4.69) is 0 Å². The van der Waals surface area contributed by atoms with Crippen molar-refractivity contribution in [3.05, 3.63) is 59.7 Å². The Morgan fingerprint density at radius 3 is 2.18 bits per heavy atom. The van der Waals surface area contributed by atoms with Crippen molar-refractivity contribution in [3.8, 4) is 0 Å². The van der Waals surface area contributed by atoms with E-state index in [1.54, 1.807) is 4.72 Å². The number of rotatable bonds is 3. The highest BCUT2D eigenvalue weighted by Gasteiger charge is 2.35. The van der Waals surface area contributed by atoms with Gasteiger partial charge in [0.25, 0.3) is 10.0 Å². The lowest BCUT2D eigenvalue weighted by molar-refractivity contribution is -0.137. The fourth-order valence-corrected chi connectivity index (χ4v) is 2.86. The molecule has 0 radical (unpaired) electrons. The summed E-state index contributed by atoms with van der Waals surface area (Å²) in [6, 6.07) is 5.63. The molecule has 0 aliphatic carbocycles. The van der Waals surface area contributed by atoms with Crippen LogP contribution in [0.3, 0.4) is 0 Å². The van der Waals surface area contributed by atoms with Crippen molar-refractivity contribution < 1.29 is 30.4 Å². The van der Waals surface area contributed by atoms with Gasteiger partial charge < -0.3 is 0 Å². The molecule has 0 unspecified atom stereocenters. The third-order valence-corrected chi connectivity index (χ3v) is 4.06. The van der Waals surface area contributed by atoms with Gasteiger partial charge in [0.05, 0.1) is 11.3 Å². The molecule has 0 heterocycles. The Balaban J connectivity index is 2.50. The van der Waals surface area contributed by atoms with E-state index in [4.69, 9.17) is 0 Å². The second-order valence-electron chi connectivity index (χ2n) is 4.22. The van der Waals surface area contributed by atoms with Crippen LogP contribution < -0.4 is 4.72 Å². The van der Waals surface area contributed by atoms with E-state index >= 15 is 0 Å². The number of benzene rings is 2. The molecule has 0 fully saturated rings. The van der Waals surface area contributed by atoms with E-state index < -0.39 is 44.0 Å². The molecule has 0 saturated carbocycles. The third-order valence-electron chi connectivity index (χ3n) is 2.66. The minimum absolute atomic E-state index is 0.152. The summed E-state index contributed by atoms with van der Waals surface area (Å²) in [6.45, 7) is 0. The van der Waals surface area contributed by atoms with E-state index in [9.17, 15) is 30.4 Å². The van der Waals surface area contributed by atoms with E-state index in [0.717, 1.165) is 12.1 Å². The summed E-state index contributed by atoms with van der Waals surface area (Å²) < 4.78 is 90.4. The summed E-state index contributed by atoms with van der Waals surface area (Å²) in [7, 11) is -4.59. The number of nitrogens with one attached hydrogen (secondary N) is 1. The molecule has 0 aliphatic heterocycles. The summed E-state index contributed by atoms with van der Waals surface area (Å²) in [6.07, 6.45) is -4.98. The predicted octanol–water partition coefficient (Wildman–Crippen LogP) is 3.78. The van der Waals surface area contributed by atoms with E-state index in [-0.39, 0.29) is 6.07 Å². The van der Waals surface area contributed by atoms with Crippen molar-refractivity contribution in [2.75, 3.05) is 4.72 Å². The van der Waals surface area contributed by atoms with E-state index in [1.165, 1.54) is 12.1 Å². The first-order valence-corrected chi connectivity index (χ1v) is 7.24. The molecule has 0 aromatic heterocycles. The molecule has 0 amide bonds. The molecule has 3 nitrogen and oxygen atoms in total. The maximum absolute atomic E-state index is 13.5. The highest BCUT2D eigenvalue weighted by molar-refractivity contribution is 7.92. The van der Waals surface area contributed by atoms with Gasteiger partial charge in [-0.05, 0) is 30.3 Å². The zero-order chi connectivity index (χ0) is 16.5. The molecule has 9 heteroatoms. The van der Waals surface area contributed by atoms with Crippen LogP contribution in [0.4, 0.5) is 27.6 Å². The number of alkyl halides is 3. The molecule has 22 heavy (non-hydrogen) atoms. The van der Waals surface area contributed by atoms with Crippen molar-refractivity contribution in [1.29, 1.82) is 0 Å². The van der Waals surface area contributed by atoms with Gasteiger partial charge in [-0.15, -0.1) is 0 Å². The molecule has 0 bridgehead atoms.